The minimum Gasteiger partial charge on any atom is -0.484 e. The van der Waals surface area contributed by atoms with E-state index in [1.165, 1.54) is 0 Å². The first-order chi connectivity index (χ1) is 8.63. The molecule has 5 heteroatoms. The van der Waals surface area contributed by atoms with Gasteiger partial charge in [-0.2, -0.15) is 0 Å². The average Bonchev–Trinajstić information content (AvgIpc) is 2.75. The van der Waals surface area contributed by atoms with Crippen LogP contribution in [0.4, 0.5) is 0 Å². The predicted molar refractivity (Wildman–Crippen MR) is 75.9 cm³/mol. The third-order valence-corrected chi connectivity index (χ3v) is 4.36. The molecule has 0 saturated heterocycles. The number of halogens is 1. The molecule has 3 nitrogen and oxygen atoms in total. The molecule has 1 unspecified atom stereocenters. The van der Waals surface area contributed by atoms with E-state index in [0.717, 1.165) is 32.9 Å². The van der Waals surface area contributed by atoms with Crippen LogP contribution in [0.5, 0.6) is 5.75 Å². The van der Waals surface area contributed by atoms with Crippen molar-refractivity contribution >= 4 is 27.3 Å². The van der Waals surface area contributed by atoms with Crippen LogP contribution in [0.15, 0.2) is 28.1 Å². The number of aromatic nitrogens is 1. The van der Waals surface area contributed by atoms with Crippen molar-refractivity contribution < 1.29 is 4.74 Å². The predicted octanol–water partition coefficient (Wildman–Crippen LogP) is 3.74. The maximum atomic E-state index is 6.21. The summed E-state index contributed by atoms with van der Waals surface area (Å²) in [5.41, 5.74) is 8.27. The molecule has 1 aromatic heterocycles. The highest BCUT2D eigenvalue weighted by atomic mass is 79.9. The standard InChI is InChI=1S/C13H13BrN2OS/c1-7-16-11(6-18-7)13-5-10(15)9-3-2-8(14)4-12(9)17-13/h2-4,6,10,13H,5,15H2,1H3/t10-,13?/m1/s1. The van der Waals surface area contributed by atoms with Gasteiger partial charge in [0.05, 0.1) is 10.7 Å². The zero-order chi connectivity index (χ0) is 12.7. The smallest absolute Gasteiger partial charge is 0.143 e. The summed E-state index contributed by atoms with van der Waals surface area (Å²) in [5, 5.41) is 3.11. The van der Waals surface area contributed by atoms with Crippen LogP contribution in [-0.4, -0.2) is 4.98 Å². The minimum absolute atomic E-state index is 0.00820. The van der Waals surface area contributed by atoms with Gasteiger partial charge in [-0.05, 0) is 19.1 Å². The van der Waals surface area contributed by atoms with Crippen LogP contribution >= 0.6 is 27.3 Å². The van der Waals surface area contributed by atoms with E-state index in [1.807, 2.05) is 25.1 Å². The third-order valence-electron chi connectivity index (χ3n) is 3.08. The van der Waals surface area contributed by atoms with Gasteiger partial charge in [-0.3, -0.25) is 0 Å². The van der Waals surface area contributed by atoms with E-state index in [9.17, 15) is 0 Å². The Balaban J connectivity index is 1.95. The average molecular weight is 325 g/mol. The van der Waals surface area contributed by atoms with Gasteiger partial charge in [0, 0.05) is 27.9 Å². The Morgan fingerprint density at radius 2 is 2.33 bits per heavy atom. The van der Waals surface area contributed by atoms with E-state index in [4.69, 9.17) is 10.5 Å². The summed E-state index contributed by atoms with van der Waals surface area (Å²) in [4.78, 5) is 4.49. The van der Waals surface area contributed by atoms with E-state index < -0.39 is 0 Å². The molecule has 94 valence electrons. The first kappa shape index (κ1) is 12.1. The Bertz CT molecular complexity index is 584. The maximum absolute atomic E-state index is 6.21. The fraction of sp³-hybridized carbons (Fsp3) is 0.308. The molecule has 2 N–H and O–H groups in total. The molecule has 1 aliphatic heterocycles. The van der Waals surface area contributed by atoms with Gasteiger partial charge in [-0.25, -0.2) is 4.98 Å². The Morgan fingerprint density at radius 1 is 1.50 bits per heavy atom. The highest BCUT2D eigenvalue weighted by Crippen LogP contribution is 2.40. The van der Waals surface area contributed by atoms with Crippen LogP contribution < -0.4 is 10.5 Å². The largest absolute Gasteiger partial charge is 0.484 e. The van der Waals surface area contributed by atoms with Crippen LogP contribution in [0.3, 0.4) is 0 Å². The zero-order valence-electron chi connectivity index (χ0n) is 9.89. The number of nitrogens with two attached hydrogens (primary N) is 1. The molecule has 2 atom stereocenters. The summed E-state index contributed by atoms with van der Waals surface area (Å²) in [6, 6.07) is 6.00. The van der Waals surface area contributed by atoms with Gasteiger partial charge in [-0.15, -0.1) is 11.3 Å². The highest BCUT2D eigenvalue weighted by Gasteiger charge is 2.28. The summed E-state index contributed by atoms with van der Waals surface area (Å²) in [7, 11) is 0. The summed E-state index contributed by atoms with van der Waals surface area (Å²) in [6.07, 6.45) is 0.740. The van der Waals surface area contributed by atoms with Gasteiger partial charge in [0.15, 0.2) is 0 Å². The number of aryl methyl sites for hydroxylation is 1. The molecule has 1 aliphatic rings. The Labute approximate surface area is 118 Å². The van der Waals surface area contributed by atoms with Gasteiger partial charge in [-0.1, -0.05) is 22.0 Å². The lowest BCUT2D eigenvalue weighted by atomic mass is 9.96. The molecule has 0 spiro atoms. The van der Waals surface area contributed by atoms with Crippen LogP contribution in [-0.2, 0) is 0 Å². The number of benzene rings is 1. The molecule has 0 aliphatic carbocycles. The molecule has 1 aromatic carbocycles. The molecule has 0 bridgehead atoms. The lowest BCUT2D eigenvalue weighted by molar-refractivity contribution is 0.157. The van der Waals surface area contributed by atoms with Crippen molar-refractivity contribution in [2.45, 2.75) is 25.5 Å². The fourth-order valence-corrected chi connectivity index (χ4v) is 3.18. The molecular formula is C13H13BrN2OS. The number of nitrogens with zero attached hydrogens (tertiary/aromatic N) is 1. The van der Waals surface area contributed by atoms with Crippen molar-refractivity contribution in [3.8, 4) is 5.75 Å². The summed E-state index contributed by atoms with van der Waals surface area (Å²) in [5.74, 6) is 0.860. The summed E-state index contributed by atoms with van der Waals surface area (Å²) < 4.78 is 7.02. The minimum atomic E-state index is -0.0354. The van der Waals surface area contributed by atoms with Crippen molar-refractivity contribution in [3.05, 3.63) is 44.3 Å². The monoisotopic (exact) mass is 324 g/mol. The van der Waals surface area contributed by atoms with Gasteiger partial charge >= 0.3 is 0 Å². The van der Waals surface area contributed by atoms with Gasteiger partial charge in [0.2, 0.25) is 0 Å². The second-order valence-corrected chi connectivity index (χ2v) is 6.40. The number of hydrogen-bond acceptors (Lipinski definition) is 4. The molecule has 2 aromatic rings. The van der Waals surface area contributed by atoms with Crippen LogP contribution in [0.1, 0.15) is 34.8 Å². The summed E-state index contributed by atoms with van der Waals surface area (Å²) in [6.45, 7) is 2.00. The number of fused-ring (bicyclic) bond motifs is 1. The third kappa shape index (κ3) is 2.18. The Morgan fingerprint density at radius 3 is 3.06 bits per heavy atom. The molecular weight excluding hydrogens is 312 g/mol. The lowest BCUT2D eigenvalue weighted by Gasteiger charge is -2.29. The number of rotatable bonds is 1. The topological polar surface area (TPSA) is 48.1 Å². The van der Waals surface area contributed by atoms with Crippen molar-refractivity contribution in [2.24, 2.45) is 5.73 Å². The van der Waals surface area contributed by atoms with Gasteiger partial charge in [0.1, 0.15) is 11.9 Å². The molecule has 3 rings (SSSR count). The molecule has 0 amide bonds. The van der Waals surface area contributed by atoms with Crippen molar-refractivity contribution in [2.75, 3.05) is 0 Å². The van der Waals surface area contributed by atoms with Crippen LogP contribution in [0.2, 0.25) is 0 Å². The normalized spacial score (nSPS) is 22.4. The molecule has 0 radical (unpaired) electrons. The van der Waals surface area contributed by atoms with E-state index >= 15 is 0 Å². The van der Waals surface area contributed by atoms with E-state index in [-0.39, 0.29) is 12.1 Å². The Hall–Kier alpha value is -0.910. The van der Waals surface area contributed by atoms with E-state index in [0.29, 0.717) is 0 Å². The summed E-state index contributed by atoms with van der Waals surface area (Å²) >= 11 is 5.10. The first-order valence-electron chi connectivity index (χ1n) is 5.77. The quantitative estimate of drug-likeness (QED) is 0.869. The SMILES string of the molecule is Cc1nc(C2C[C@@H](N)c3ccc(Br)cc3O2)cs1. The number of thiazole rings is 1. The molecule has 2 heterocycles. The number of hydrogen-bond donors (Lipinski definition) is 1. The maximum Gasteiger partial charge on any atom is 0.143 e. The zero-order valence-corrected chi connectivity index (χ0v) is 12.3. The molecule has 0 fully saturated rings. The van der Waals surface area contributed by atoms with Crippen molar-refractivity contribution in [1.29, 1.82) is 0 Å². The van der Waals surface area contributed by atoms with Crippen LogP contribution in [0, 0.1) is 6.92 Å². The second-order valence-electron chi connectivity index (χ2n) is 4.42. The number of ether oxygens (including phenoxy) is 1. The highest BCUT2D eigenvalue weighted by molar-refractivity contribution is 9.10. The van der Waals surface area contributed by atoms with E-state index in [1.54, 1.807) is 11.3 Å². The van der Waals surface area contributed by atoms with Crippen LogP contribution in [0.25, 0.3) is 0 Å². The first-order valence-corrected chi connectivity index (χ1v) is 7.44. The molecule has 18 heavy (non-hydrogen) atoms. The fourth-order valence-electron chi connectivity index (χ4n) is 2.18. The lowest BCUT2D eigenvalue weighted by Crippen LogP contribution is -2.24. The second kappa shape index (κ2) is 4.64. The van der Waals surface area contributed by atoms with E-state index in [2.05, 4.69) is 26.3 Å². The van der Waals surface area contributed by atoms with Gasteiger partial charge in [0.25, 0.3) is 0 Å². The Kier molecular flexibility index (Phi) is 3.13. The van der Waals surface area contributed by atoms with Crippen molar-refractivity contribution in [3.63, 3.8) is 0 Å². The van der Waals surface area contributed by atoms with Crippen molar-refractivity contribution in [1.82, 2.24) is 4.98 Å². The molecule has 0 saturated carbocycles. The van der Waals surface area contributed by atoms with Gasteiger partial charge < -0.3 is 10.5 Å².